The highest BCUT2D eigenvalue weighted by molar-refractivity contribution is 5.85. The molecule has 11 nitrogen and oxygen atoms in total. The summed E-state index contributed by atoms with van der Waals surface area (Å²) in [7, 11) is 0. The number of pyridine rings is 2. The number of hydrogen-bond acceptors (Lipinski definition) is 9. The Kier molecular flexibility index (Phi) is 6.27. The molecule has 1 fully saturated rings. The zero-order valence-corrected chi connectivity index (χ0v) is 21.3. The molecule has 1 atom stereocenters. The Labute approximate surface area is 224 Å². The van der Waals surface area contributed by atoms with Gasteiger partial charge in [0.25, 0.3) is 0 Å². The van der Waals surface area contributed by atoms with E-state index < -0.39 is 6.10 Å². The number of nitriles is 2. The molecule has 6 rings (SSSR count). The van der Waals surface area contributed by atoms with E-state index >= 15 is 0 Å². The Balaban J connectivity index is 1.41. The molecular weight excluding hydrogens is 494 g/mol. The maximum absolute atomic E-state index is 10.4. The summed E-state index contributed by atoms with van der Waals surface area (Å²) >= 11 is 0. The first kappa shape index (κ1) is 24.3. The lowest BCUT2D eigenvalue weighted by atomic mass is 10.0. The maximum atomic E-state index is 10.4. The van der Waals surface area contributed by atoms with Gasteiger partial charge in [0.1, 0.15) is 34.7 Å². The number of aromatic nitrogens is 6. The first-order chi connectivity index (χ1) is 19.1. The van der Waals surface area contributed by atoms with Gasteiger partial charge in [-0.05, 0) is 31.2 Å². The fourth-order valence-corrected chi connectivity index (χ4v) is 5.30. The van der Waals surface area contributed by atoms with Crippen molar-refractivity contribution in [2.45, 2.75) is 31.9 Å². The topological polar surface area (TPSA) is 141 Å². The van der Waals surface area contributed by atoms with Crippen LogP contribution >= 0.6 is 0 Å². The van der Waals surface area contributed by atoms with Gasteiger partial charge in [0.2, 0.25) is 0 Å². The fourth-order valence-electron chi connectivity index (χ4n) is 5.30. The molecule has 11 heteroatoms. The third-order valence-electron chi connectivity index (χ3n) is 7.33. The van der Waals surface area contributed by atoms with Gasteiger partial charge in [-0.15, -0.1) is 5.10 Å². The zero-order valence-electron chi connectivity index (χ0n) is 21.3. The molecular formula is C28H25N9O2. The van der Waals surface area contributed by atoms with E-state index in [2.05, 4.69) is 32.7 Å². The molecule has 0 aliphatic carbocycles. The van der Waals surface area contributed by atoms with Crippen molar-refractivity contribution in [3.05, 3.63) is 71.9 Å². The summed E-state index contributed by atoms with van der Waals surface area (Å²) in [5, 5.41) is 44.5. The van der Waals surface area contributed by atoms with E-state index in [1.54, 1.807) is 28.0 Å². The van der Waals surface area contributed by atoms with Gasteiger partial charge in [-0.25, -0.2) is 9.20 Å². The van der Waals surface area contributed by atoms with Gasteiger partial charge >= 0.3 is 0 Å². The van der Waals surface area contributed by atoms with E-state index in [1.165, 1.54) is 6.20 Å². The lowest BCUT2D eigenvalue weighted by Gasteiger charge is -2.28. The van der Waals surface area contributed by atoms with Crippen molar-refractivity contribution >= 4 is 16.3 Å². The van der Waals surface area contributed by atoms with Crippen molar-refractivity contribution in [3.63, 3.8) is 0 Å². The summed E-state index contributed by atoms with van der Waals surface area (Å²) in [5.41, 5.74) is 3.88. The van der Waals surface area contributed by atoms with Crippen LogP contribution in [0.15, 0.2) is 55.1 Å². The molecule has 1 aliphatic heterocycles. The van der Waals surface area contributed by atoms with Crippen LogP contribution in [0.2, 0.25) is 0 Å². The number of fused-ring (bicyclic) bond motifs is 2. The molecule has 0 saturated carbocycles. The lowest BCUT2D eigenvalue weighted by Crippen LogP contribution is -2.31. The highest BCUT2D eigenvalue weighted by atomic mass is 16.5. The number of aliphatic hydroxyl groups is 1. The second kappa shape index (κ2) is 10.0. The summed E-state index contributed by atoms with van der Waals surface area (Å²) in [4.78, 5) is 6.10. The first-order valence-electron chi connectivity index (χ1n) is 12.7. The van der Waals surface area contributed by atoms with Crippen molar-refractivity contribution < 1.29 is 9.84 Å². The summed E-state index contributed by atoms with van der Waals surface area (Å²) in [6.45, 7) is 3.06. The van der Waals surface area contributed by atoms with E-state index in [9.17, 15) is 15.6 Å². The van der Waals surface area contributed by atoms with Crippen LogP contribution in [0.25, 0.3) is 27.5 Å². The van der Waals surface area contributed by atoms with Crippen molar-refractivity contribution in [2.24, 2.45) is 0 Å². The number of aliphatic hydroxyl groups excluding tert-OH is 1. The minimum Gasteiger partial charge on any atom is -0.481 e. The molecule has 1 N–H and O–H groups in total. The predicted molar refractivity (Wildman–Crippen MR) is 141 cm³/mol. The van der Waals surface area contributed by atoms with Crippen LogP contribution in [0.3, 0.4) is 0 Å². The van der Waals surface area contributed by atoms with Crippen molar-refractivity contribution in [3.8, 4) is 29.3 Å². The number of piperidine rings is 1. The van der Waals surface area contributed by atoms with Crippen molar-refractivity contribution in [2.75, 3.05) is 19.7 Å². The van der Waals surface area contributed by atoms with E-state index in [4.69, 9.17) is 4.74 Å². The maximum Gasteiger partial charge on any atom is 0.179 e. The van der Waals surface area contributed by atoms with Crippen LogP contribution < -0.4 is 4.74 Å². The van der Waals surface area contributed by atoms with Crippen LogP contribution in [0.1, 0.15) is 41.8 Å². The van der Waals surface area contributed by atoms with Gasteiger partial charge in [0.15, 0.2) is 6.19 Å². The van der Waals surface area contributed by atoms with E-state index in [1.807, 2.05) is 41.9 Å². The van der Waals surface area contributed by atoms with E-state index in [0.717, 1.165) is 40.4 Å². The SMILES string of the molecule is Cc1c(-c2cc(OC(CO)c3cncc4ccccc34)c3c(C#N)cnn3c2)nnn1C1CCN(C#N)CC1. The molecule has 194 valence electrons. The van der Waals surface area contributed by atoms with E-state index in [0.29, 0.717) is 35.6 Å². The smallest absolute Gasteiger partial charge is 0.179 e. The third kappa shape index (κ3) is 4.29. The van der Waals surface area contributed by atoms with Gasteiger partial charge in [-0.1, -0.05) is 29.5 Å². The Morgan fingerprint density at radius 2 is 1.97 bits per heavy atom. The number of nitrogens with zero attached hydrogens (tertiary/aromatic N) is 9. The average Bonchev–Trinajstić information content (AvgIpc) is 3.58. The lowest BCUT2D eigenvalue weighted by molar-refractivity contribution is 0.118. The molecule has 1 aromatic carbocycles. The molecule has 0 bridgehead atoms. The van der Waals surface area contributed by atoms with Crippen LogP contribution in [-0.4, -0.2) is 59.3 Å². The predicted octanol–water partition coefficient (Wildman–Crippen LogP) is 3.55. The molecule has 0 spiro atoms. The molecule has 5 heterocycles. The highest BCUT2D eigenvalue weighted by Gasteiger charge is 2.25. The quantitative estimate of drug-likeness (QED) is 0.333. The Morgan fingerprint density at radius 1 is 1.15 bits per heavy atom. The number of rotatable bonds is 6. The van der Waals surface area contributed by atoms with Gasteiger partial charge < -0.3 is 14.7 Å². The summed E-state index contributed by atoms with van der Waals surface area (Å²) in [6, 6.07) is 11.9. The van der Waals surface area contributed by atoms with E-state index in [-0.39, 0.29) is 12.6 Å². The molecule has 4 aromatic heterocycles. The average molecular weight is 520 g/mol. The summed E-state index contributed by atoms with van der Waals surface area (Å²) in [6.07, 6.45) is 9.87. The van der Waals surface area contributed by atoms with Crippen molar-refractivity contribution in [1.82, 2.24) is 34.5 Å². The monoisotopic (exact) mass is 519 g/mol. The molecule has 1 saturated heterocycles. The zero-order chi connectivity index (χ0) is 26.9. The number of likely N-dealkylation sites (tertiary alicyclic amines) is 1. The Morgan fingerprint density at radius 3 is 2.74 bits per heavy atom. The fraction of sp³-hybridized carbons (Fsp3) is 0.286. The van der Waals surface area contributed by atoms with Gasteiger partial charge in [-0.2, -0.15) is 15.6 Å². The second-order valence-corrected chi connectivity index (χ2v) is 9.58. The number of benzene rings is 1. The minimum atomic E-state index is -0.730. The minimum absolute atomic E-state index is 0.155. The van der Waals surface area contributed by atoms with Crippen molar-refractivity contribution in [1.29, 1.82) is 10.5 Å². The molecule has 5 aromatic rings. The Hall–Kier alpha value is -5.00. The molecule has 39 heavy (non-hydrogen) atoms. The second-order valence-electron chi connectivity index (χ2n) is 9.58. The molecule has 0 radical (unpaired) electrons. The molecule has 0 amide bonds. The third-order valence-corrected chi connectivity index (χ3v) is 7.33. The van der Waals surface area contributed by atoms with Gasteiger partial charge in [0.05, 0.1) is 24.5 Å². The largest absolute Gasteiger partial charge is 0.481 e. The number of hydrogen-bond donors (Lipinski definition) is 1. The van der Waals surface area contributed by atoms with Crippen LogP contribution in [-0.2, 0) is 0 Å². The summed E-state index contributed by atoms with van der Waals surface area (Å²) < 4.78 is 9.96. The van der Waals surface area contributed by atoms with Crippen LogP contribution in [0.4, 0.5) is 0 Å². The normalized spacial score (nSPS) is 14.8. The first-order valence-corrected chi connectivity index (χ1v) is 12.7. The molecule has 1 unspecified atom stereocenters. The van der Waals surface area contributed by atoms with Gasteiger partial charge in [0, 0.05) is 48.2 Å². The molecule has 1 aliphatic rings. The highest BCUT2D eigenvalue weighted by Crippen LogP contribution is 2.35. The summed E-state index contributed by atoms with van der Waals surface area (Å²) in [5.74, 6) is 0.393. The standard InChI is InChI=1S/C28H25N9O2/c1-18-27(33-34-37(18)22-6-8-35(17-30)9-7-22)20-10-25(28-21(11-29)13-32-36(28)15-20)39-26(16-38)24-14-31-12-19-4-2-3-5-23(19)24/h2-5,10,12-15,22,26,38H,6-9,16H2,1H3. The van der Waals surface area contributed by atoms with Crippen LogP contribution in [0, 0.1) is 29.7 Å². The Bertz CT molecular complexity index is 1750. The van der Waals surface area contributed by atoms with Crippen LogP contribution in [0.5, 0.6) is 5.75 Å². The van der Waals surface area contributed by atoms with Gasteiger partial charge in [-0.3, -0.25) is 4.98 Å². The number of ether oxygens (including phenoxy) is 1.